The summed E-state index contributed by atoms with van der Waals surface area (Å²) in [5.74, 6) is -0.869. The van der Waals surface area contributed by atoms with Crippen LogP contribution >= 0.6 is 11.6 Å². The minimum absolute atomic E-state index is 0.0533. The molecule has 22 heavy (non-hydrogen) atoms. The highest BCUT2D eigenvalue weighted by Crippen LogP contribution is 2.13. The third kappa shape index (κ3) is 3.85. The van der Waals surface area contributed by atoms with Crippen LogP contribution in [0.25, 0.3) is 0 Å². The van der Waals surface area contributed by atoms with Gasteiger partial charge in [0.15, 0.2) is 0 Å². The van der Waals surface area contributed by atoms with Crippen molar-refractivity contribution < 1.29 is 14.6 Å². The molecule has 0 aliphatic heterocycles. The molecule has 1 heterocycles. The zero-order chi connectivity index (χ0) is 16.1. The van der Waals surface area contributed by atoms with Gasteiger partial charge in [-0.3, -0.25) is 14.2 Å². The van der Waals surface area contributed by atoms with Gasteiger partial charge >= 0.3 is 5.97 Å². The first-order valence-corrected chi connectivity index (χ1v) is 6.97. The van der Waals surface area contributed by atoms with Crippen LogP contribution in [0.1, 0.15) is 17.7 Å². The van der Waals surface area contributed by atoms with Crippen molar-refractivity contribution in [2.45, 2.75) is 19.4 Å². The number of hydrogen-bond donors (Lipinski definition) is 1. The van der Waals surface area contributed by atoms with Crippen LogP contribution < -0.4 is 5.56 Å². The molecule has 0 aliphatic rings. The van der Waals surface area contributed by atoms with Gasteiger partial charge in [0.05, 0.1) is 32.1 Å². The van der Waals surface area contributed by atoms with Crippen molar-refractivity contribution in [1.82, 2.24) is 9.55 Å². The monoisotopic (exact) mass is 322 g/mol. The Morgan fingerprint density at radius 3 is 2.68 bits per heavy atom. The van der Waals surface area contributed by atoms with E-state index in [2.05, 4.69) is 9.72 Å². The molecule has 0 unspecified atom stereocenters. The van der Waals surface area contributed by atoms with E-state index >= 15 is 0 Å². The van der Waals surface area contributed by atoms with E-state index in [1.165, 1.54) is 18.0 Å². The topological polar surface area (TPSA) is 81.4 Å². The Morgan fingerprint density at radius 2 is 2.05 bits per heavy atom. The molecule has 1 aromatic heterocycles. The van der Waals surface area contributed by atoms with E-state index in [9.17, 15) is 14.7 Å². The van der Waals surface area contributed by atoms with Gasteiger partial charge in [-0.25, -0.2) is 4.98 Å². The summed E-state index contributed by atoms with van der Waals surface area (Å²) in [4.78, 5) is 27.2. The van der Waals surface area contributed by atoms with Gasteiger partial charge in [0.2, 0.25) is 5.75 Å². The first-order valence-electron chi connectivity index (χ1n) is 6.60. The quantitative estimate of drug-likeness (QED) is 0.848. The molecule has 1 N–H and O–H groups in total. The van der Waals surface area contributed by atoms with Gasteiger partial charge in [-0.1, -0.05) is 23.7 Å². The summed E-state index contributed by atoms with van der Waals surface area (Å²) in [6, 6.07) is 7.02. The second-order valence-electron chi connectivity index (χ2n) is 4.68. The average molecular weight is 323 g/mol. The van der Waals surface area contributed by atoms with Crippen molar-refractivity contribution in [3.63, 3.8) is 0 Å². The lowest BCUT2D eigenvalue weighted by Gasteiger charge is -2.08. The third-order valence-corrected chi connectivity index (χ3v) is 3.40. The van der Waals surface area contributed by atoms with E-state index in [0.717, 1.165) is 5.56 Å². The summed E-state index contributed by atoms with van der Waals surface area (Å²) in [5.41, 5.74) is 0.489. The normalized spacial score (nSPS) is 10.5. The number of ether oxygens (including phenoxy) is 1. The molecule has 0 amide bonds. The molecule has 0 bridgehead atoms. The summed E-state index contributed by atoms with van der Waals surface area (Å²) < 4.78 is 5.80. The SMILES string of the molecule is COC(=O)CCc1ncn(Cc2ccc(Cl)cc2)c(=O)c1O. The van der Waals surface area contributed by atoms with Crippen LogP contribution in [0.2, 0.25) is 5.02 Å². The lowest BCUT2D eigenvalue weighted by molar-refractivity contribution is -0.140. The van der Waals surface area contributed by atoms with Gasteiger partial charge < -0.3 is 9.84 Å². The van der Waals surface area contributed by atoms with Gasteiger partial charge in [0.1, 0.15) is 0 Å². The molecule has 0 aliphatic carbocycles. The summed E-state index contributed by atoms with van der Waals surface area (Å²) >= 11 is 5.81. The molecule has 0 fully saturated rings. The number of nitrogens with zero attached hydrogens (tertiary/aromatic N) is 2. The standard InChI is InChI=1S/C15H15ClN2O4/c1-22-13(19)7-6-12-14(20)15(21)18(9-17-12)8-10-2-4-11(16)5-3-10/h2-5,9,20H,6-8H2,1H3. The van der Waals surface area contributed by atoms with Crippen LogP contribution in [0.5, 0.6) is 5.75 Å². The second-order valence-corrected chi connectivity index (χ2v) is 5.11. The number of carbonyl (C=O) groups excluding carboxylic acids is 1. The second kappa shape index (κ2) is 7.09. The van der Waals surface area contributed by atoms with E-state index in [0.29, 0.717) is 5.02 Å². The number of carbonyl (C=O) groups is 1. The van der Waals surface area contributed by atoms with Gasteiger partial charge in [0, 0.05) is 11.4 Å². The zero-order valence-electron chi connectivity index (χ0n) is 12.0. The lowest BCUT2D eigenvalue weighted by atomic mass is 10.2. The van der Waals surface area contributed by atoms with Crippen molar-refractivity contribution >= 4 is 17.6 Å². The summed E-state index contributed by atoms with van der Waals surface area (Å²) in [6.45, 7) is 0.272. The number of esters is 1. The number of aromatic nitrogens is 2. The van der Waals surface area contributed by atoms with Crippen molar-refractivity contribution in [1.29, 1.82) is 0 Å². The zero-order valence-corrected chi connectivity index (χ0v) is 12.7. The minimum atomic E-state index is -0.551. The Morgan fingerprint density at radius 1 is 1.36 bits per heavy atom. The molecule has 7 heteroatoms. The van der Waals surface area contributed by atoms with Gasteiger partial charge in [-0.2, -0.15) is 0 Å². The molecule has 116 valence electrons. The van der Waals surface area contributed by atoms with Crippen LogP contribution in [0, 0.1) is 0 Å². The van der Waals surface area contributed by atoms with Crippen LogP contribution in [0.15, 0.2) is 35.4 Å². The fourth-order valence-electron chi connectivity index (χ4n) is 1.92. The van der Waals surface area contributed by atoms with Gasteiger partial charge in [0.25, 0.3) is 5.56 Å². The Hall–Kier alpha value is -2.34. The predicted molar refractivity (Wildman–Crippen MR) is 81.1 cm³/mol. The summed E-state index contributed by atoms with van der Waals surface area (Å²) in [6.07, 6.45) is 1.55. The van der Waals surface area contributed by atoms with E-state index in [1.807, 2.05) is 0 Å². The molecular weight excluding hydrogens is 308 g/mol. The first-order chi connectivity index (χ1) is 10.5. The third-order valence-electron chi connectivity index (χ3n) is 3.15. The highest BCUT2D eigenvalue weighted by Gasteiger charge is 2.12. The van der Waals surface area contributed by atoms with E-state index in [4.69, 9.17) is 11.6 Å². The van der Waals surface area contributed by atoms with Gasteiger partial charge in [-0.05, 0) is 17.7 Å². The Bertz CT molecular complexity index is 725. The average Bonchev–Trinajstić information content (AvgIpc) is 2.52. The first kappa shape index (κ1) is 16.0. The van der Waals surface area contributed by atoms with Crippen LogP contribution in [0.4, 0.5) is 0 Å². The fraction of sp³-hybridized carbons (Fsp3) is 0.267. The fourth-order valence-corrected chi connectivity index (χ4v) is 2.04. The summed E-state index contributed by atoms with van der Waals surface area (Å²) in [7, 11) is 1.28. The summed E-state index contributed by atoms with van der Waals surface area (Å²) in [5, 5.41) is 10.5. The van der Waals surface area contributed by atoms with E-state index < -0.39 is 17.3 Å². The van der Waals surface area contributed by atoms with Crippen LogP contribution in [-0.4, -0.2) is 27.7 Å². The number of methoxy groups -OCH3 is 1. The molecule has 0 radical (unpaired) electrons. The molecule has 0 atom stereocenters. The molecule has 2 aromatic rings. The molecule has 1 aromatic carbocycles. The van der Waals surface area contributed by atoms with Crippen molar-refractivity contribution in [2.75, 3.05) is 7.11 Å². The minimum Gasteiger partial charge on any atom is -0.502 e. The molecule has 0 saturated carbocycles. The molecule has 0 saturated heterocycles. The van der Waals surface area contributed by atoms with E-state index in [1.54, 1.807) is 24.3 Å². The number of halogens is 1. The molecule has 6 nitrogen and oxygen atoms in total. The highest BCUT2D eigenvalue weighted by atomic mass is 35.5. The molecular formula is C15H15ClN2O4. The maximum atomic E-state index is 12.1. The Balaban J connectivity index is 2.17. The number of benzene rings is 1. The number of rotatable bonds is 5. The van der Waals surface area contributed by atoms with E-state index in [-0.39, 0.29) is 25.1 Å². The van der Waals surface area contributed by atoms with Crippen LogP contribution in [-0.2, 0) is 22.5 Å². The predicted octanol–water partition coefficient (Wildman–Crippen LogP) is 1.76. The molecule has 0 spiro atoms. The highest BCUT2D eigenvalue weighted by molar-refractivity contribution is 6.30. The largest absolute Gasteiger partial charge is 0.502 e. The molecule has 2 rings (SSSR count). The number of hydrogen-bond acceptors (Lipinski definition) is 5. The maximum Gasteiger partial charge on any atom is 0.305 e. The van der Waals surface area contributed by atoms with Gasteiger partial charge in [-0.15, -0.1) is 0 Å². The Labute approximate surface area is 131 Å². The Kier molecular flexibility index (Phi) is 5.16. The van der Waals surface area contributed by atoms with Crippen LogP contribution in [0.3, 0.4) is 0 Å². The number of aromatic hydroxyl groups is 1. The van der Waals surface area contributed by atoms with Crippen molar-refractivity contribution in [3.05, 3.63) is 57.2 Å². The van der Waals surface area contributed by atoms with Crippen molar-refractivity contribution in [2.24, 2.45) is 0 Å². The number of aryl methyl sites for hydroxylation is 1. The lowest BCUT2D eigenvalue weighted by Crippen LogP contribution is -2.22. The maximum absolute atomic E-state index is 12.1. The smallest absolute Gasteiger partial charge is 0.305 e. The van der Waals surface area contributed by atoms with Crippen molar-refractivity contribution in [3.8, 4) is 5.75 Å².